The van der Waals surface area contributed by atoms with Crippen LogP contribution in [0.5, 0.6) is 0 Å². The minimum Gasteiger partial charge on any atom is -0.367 e. The molecular weight excluding hydrogens is 386 g/mol. The fourth-order valence-corrected chi connectivity index (χ4v) is 4.14. The first-order valence-corrected chi connectivity index (χ1v) is 10.1. The molecule has 1 aliphatic heterocycles. The Hall–Kier alpha value is -2.77. The standard InChI is InChI=1S/C21H22ClN7/c1-12-6-19(27-29-11-14(3)25-21(12)29)18-8-17(22)16-7-15(9-24-20(16)26-18)28-5-4-23-13(2)10-28/h6-9,11,13,23H,4-5,10H2,1-3H3. The average molecular weight is 408 g/mol. The van der Waals surface area contributed by atoms with Crippen LogP contribution >= 0.6 is 11.6 Å². The van der Waals surface area contributed by atoms with Gasteiger partial charge in [0.2, 0.25) is 0 Å². The minimum absolute atomic E-state index is 0.450. The number of imidazole rings is 1. The summed E-state index contributed by atoms with van der Waals surface area (Å²) in [5.41, 5.74) is 5.97. The van der Waals surface area contributed by atoms with Crippen molar-refractivity contribution in [2.24, 2.45) is 0 Å². The topological polar surface area (TPSA) is 71.2 Å². The van der Waals surface area contributed by atoms with E-state index in [1.54, 1.807) is 4.52 Å². The van der Waals surface area contributed by atoms with E-state index in [1.807, 2.05) is 38.4 Å². The van der Waals surface area contributed by atoms with Crippen molar-refractivity contribution in [3.63, 3.8) is 0 Å². The third-order valence-electron chi connectivity index (χ3n) is 5.33. The molecule has 5 heterocycles. The van der Waals surface area contributed by atoms with Gasteiger partial charge < -0.3 is 10.2 Å². The molecule has 8 heteroatoms. The van der Waals surface area contributed by atoms with Crippen molar-refractivity contribution in [1.29, 1.82) is 0 Å². The van der Waals surface area contributed by atoms with Crippen LogP contribution in [0.25, 0.3) is 28.1 Å². The van der Waals surface area contributed by atoms with Gasteiger partial charge in [-0.15, -0.1) is 0 Å². The monoisotopic (exact) mass is 407 g/mol. The molecule has 1 unspecified atom stereocenters. The molecule has 4 aromatic heterocycles. The smallest absolute Gasteiger partial charge is 0.161 e. The van der Waals surface area contributed by atoms with Gasteiger partial charge in [-0.2, -0.15) is 5.10 Å². The number of pyridine rings is 2. The lowest BCUT2D eigenvalue weighted by molar-refractivity contribution is 0.484. The van der Waals surface area contributed by atoms with E-state index in [9.17, 15) is 0 Å². The van der Waals surface area contributed by atoms with Crippen LogP contribution in [-0.2, 0) is 0 Å². The minimum atomic E-state index is 0.450. The second-order valence-corrected chi connectivity index (χ2v) is 8.13. The summed E-state index contributed by atoms with van der Waals surface area (Å²) in [4.78, 5) is 16.2. The Morgan fingerprint density at radius 3 is 2.83 bits per heavy atom. The van der Waals surface area contributed by atoms with E-state index in [0.29, 0.717) is 22.4 Å². The zero-order valence-corrected chi connectivity index (χ0v) is 17.4. The largest absolute Gasteiger partial charge is 0.367 e. The zero-order valence-electron chi connectivity index (χ0n) is 16.6. The molecule has 5 rings (SSSR count). The Morgan fingerprint density at radius 2 is 2.00 bits per heavy atom. The van der Waals surface area contributed by atoms with Gasteiger partial charge in [-0.25, -0.2) is 19.5 Å². The van der Waals surface area contributed by atoms with Crippen molar-refractivity contribution in [3.05, 3.63) is 46.9 Å². The maximum absolute atomic E-state index is 6.66. The molecular formula is C21H22ClN7. The molecule has 0 radical (unpaired) electrons. The molecule has 29 heavy (non-hydrogen) atoms. The molecule has 1 aliphatic rings. The van der Waals surface area contributed by atoms with Crippen LogP contribution in [0.1, 0.15) is 18.2 Å². The lowest BCUT2D eigenvalue weighted by Gasteiger charge is -2.33. The molecule has 0 spiro atoms. The number of anilines is 1. The molecule has 1 fully saturated rings. The summed E-state index contributed by atoms with van der Waals surface area (Å²) in [7, 11) is 0. The third kappa shape index (κ3) is 3.30. The predicted molar refractivity (Wildman–Crippen MR) is 116 cm³/mol. The van der Waals surface area contributed by atoms with Crippen molar-refractivity contribution < 1.29 is 0 Å². The van der Waals surface area contributed by atoms with Crippen molar-refractivity contribution in [1.82, 2.24) is 29.9 Å². The van der Waals surface area contributed by atoms with Crippen LogP contribution in [0.4, 0.5) is 5.69 Å². The van der Waals surface area contributed by atoms with Gasteiger partial charge in [-0.3, -0.25) is 0 Å². The van der Waals surface area contributed by atoms with Crippen LogP contribution in [0.3, 0.4) is 0 Å². The Balaban J connectivity index is 1.57. The first-order chi connectivity index (χ1) is 14.0. The van der Waals surface area contributed by atoms with Crippen LogP contribution in [0.2, 0.25) is 5.02 Å². The van der Waals surface area contributed by atoms with Gasteiger partial charge in [0.25, 0.3) is 0 Å². The molecule has 4 aromatic rings. The molecule has 148 valence electrons. The molecule has 7 nitrogen and oxygen atoms in total. The van der Waals surface area contributed by atoms with E-state index in [0.717, 1.165) is 53.3 Å². The number of halogens is 1. The number of aromatic nitrogens is 5. The summed E-state index contributed by atoms with van der Waals surface area (Å²) < 4.78 is 1.79. The van der Waals surface area contributed by atoms with Gasteiger partial charge in [0.05, 0.1) is 34.5 Å². The maximum Gasteiger partial charge on any atom is 0.161 e. The predicted octanol–water partition coefficient (Wildman–Crippen LogP) is 3.41. The molecule has 0 aliphatic carbocycles. The fourth-order valence-electron chi connectivity index (χ4n) is 3.90. The molecule has 1 saturated heterocycles. The number of hydrogen-bond acceptors (Lipinski definition) is 6. The quantitative estimate of drug-likeness (QED) is 0.549. The van der Waals surface area contributed by atoms with Crippen LogP contribution in [-0.4, -0.2) is 50.2 Å². The number of nitrogens with zero attached hydrogens (tertiary/aromatic N) is 6. The lowest BCUT2D eigenvalue weighted by atomic mass is 10.1. The summed E-state index contributed by atoms with van der Waals surface area (Å²) in [6, 6.07) is 6.39. The van der Waals surface area contributed by atoms with Gasteiger partial charge in [0.15, 0.2) is 11.3 Å². The van der Waals surface area contributed by atoms with Crippen molar-refractivity contribution in [2.45, 2.75) is 26.8 Å². The Bertz CT molecular complexity index is 1230. The van der Waals surface area contributed by atoms with Crippen LogP contribution < -0.4 is 10.2 Å². The second-order valence-electron chi connectivity index (χ2n) is 7.72. The first kappa shape index (κ1) is 18.3. The van der Waals surface area contributed by atoms with Gasteiger partial charge in [0, 0.05) is 31.1 Å². The first-order valence-electron chi connectivity index (χ1n) is 9.76. The Labute approximate surface area is 173 Å². The number of rotatable bonds is 2. The normalized spacial score (nSPS) is 17.4. The molecule has 0 saturated carbocycles. The van der Waals surface area contributed by atoms with E-state index in [4.69, 9.17) is 16.6 Å². The summed E-state index contributed by atoms with van der Waals surface area (Å²) in [5, 5.41) is 9.61. The van der Waals surface area contributed by atoms with Crippen molar-refractivity contribution >= 4 is 34.0 Å². The summed E-state index contributed by atoms with van der Waals surface area (Å²) in [6.45, 7) is 9.03. The lowest BCUT2D eigenvalue weighted by Crippen LogP contribution is -2.49. The van der Waals surface area contributed by atoms with E-state index in [-0.39, 0.29) is 0 Å². The van der Waals surface area contributed by atoms with E-state index >= 15 is 0 Å². The maximum atomic E-state index is 6.66. The molecule has 0 amide bonds. The highest BCUT2D eigenvalue weighted by molar-refractivity contribution is 6.35. The van der Waals surface area contributed by atoms with Crippen LogP contribution in [0, 0.1) is 13.8 Å². The van der Waals surface area contributed by atoms with E-state index < -0.39 is 0 Å². The van der Waals surface area contributed by atoms with Crippen LogP contribution in [0.15, 0.2) is 30.6 Å². The number of fused-ring (bicyclic) bond motifs is 2. The molecule has 0 bridgehead atoms. The number of piperazine rings is 1. The van der Waals surface area contributed by atoms with Gasteiger partial charge >= 0.3 is 0 Å². The fraction of sp³-hybridized carbons (Fsp3) is 0.333. The summed E-state index contributed by atoms with van der Waals surface area (Å²) in [5.74, 6) is 0. The molecule has 1 atom stereocenters. The molecule has 0 aromatic carbocycles. The zero-order chi connectivity index (χ0) is 20.1. The highest BCUT2D eigenvalue weighted by Crippen LogP contribution is 2.30. The van der Waals surface area contributed by atoms with Crippen molar-refractivity contribution in [3.8, 4) is 11.4 Å². The van der Waals surface area contributed by atoms with Gasteiger partial charge in [-0.05, 0) is 44.5 Å². The Morgan fingerprint density at radius 1 is 1.14 bits per heavy atom. The average Bonchev–Trinajstić information content (AvgIpc) is 3.08. The SMILES string of the molecule is Cc1cn2nc(-c3cc(Cl)c4cc(N5CCNC(C)C5)cnc4n3)cc(C)c2n1. The third-order valence-corrected chi connectivity index (χ3v) is 5.64. The van der Waals surface area contributed by atoms with Crippen molar-refractivity contribution in [2.75, 3.05) is 24.5 Å². The van der Waals surface area contributed by atoms with E-state index in [1.165, 1.54) is 0 Å². The van der Waals surface area contributed by atoms with Gasteiger partial charge in [0.1, 0.15) is 5.69 Å². The number of hydrogen-bond donors (Lipinski definition) is 1. The van der Waals surface area contributed by atoms with E-state index in [2.05, 4.69) is 38.3 Å². The highest BCUT2D eigenvalue weighted by atomic mass is 35.5. The number of nitrogens with one attached hydrogen (secondary N) is 1. The second kappa shape index (κ2) is 6.93. The summed E-state index contributed by atoms with van der Waals surface area (Å²) in [6.07, 6.45) is 3.79. The number of aryl methyl sites for hydroxylation is 2. The summed E-state index contributed by atoms with van der Waals surface area (Å²) >= 11 is 6.66. The molecule has 1 N–H and O–H groups in total. The Kier molecular flexibility index (Phi) is 4.37. The van der Waals surface area contributed by atoms with Gasteiger partial charge in [-0.1, -0.05) is 11.6 Å². The highest BCUT2D eigenvalue weighted by Gasteiger charge is 2.18.